The Labute approximate surface area is 116 Å². The van der Waals surface area contributed by atoms with Crippen LogP contribution >= 0.6 is 31.9 Å². The normalized spacial score (nSPS) is 10.3. The summed E-state index contributed by atoms with van der Waals surface area (Å²) in [6.07, 6.45) is 0. The maximum Gasteiger partial charge on any atom is 0.123 e. The summed E-state index contributed by atoms with van der Waals surface area (Å²) in [5.41, 5.74) is 1.88. The van der Waals surface area contributed by atoms with Crippen molar-refractivity contribution in [2.45, 2.75) is 6.54 Å². The van der Waals surface area contributed by atoms with Gasteiger partial charge in [-0.2, -0.15) is 0 Å². The molecule has 0 radical (unpaired) electrons. The second-order valence-electron chi connectivity index (χ2n) is 3.57. The molecule has 0 aliphatic rings. The summed E-state index contributed by atoms with van der Waals surface area (Å²) in [5.74, 6) is -0.225. The van der Waals surface area contributed by atoms with Crippen LogP contribution in [-0.2, 0) is 6.54 Å². The molecule has 0 aliphatic heterocycles. The summed E-state index contributed by atoms with van der Waals surface area (Å²) >= 11 is 6.86. The first-order valence-electron chi connectivity index (χ1n) is 5.09. The number of nitrogens with one attached hydrogen (secondary N) is 1. The van der Waals surface area contributed by atoms with E-state index in [-0.39, 0.29) is 5.82 Å². The molecule has 2 rings (SSSR count). The molecule has 0 spiro atoms. The van der Waals surface area contributed by atoms with Crippen LogP contribution in [0.2, 0.25) is 0 Å². The van der Waals surface area contributed by atoms with Crippen molar-refractivity contribution in [3.8, 4) is 0 Å². The lowest BCUT2D eigenvalue weighted by Crippen LogP contribution is -2.01. The molecule has 0 aromatic heterocycles. The third-order valence-electron chi connectivity index (χ3n) is 2.35. The van der Waals surface area contributed by atoms with Crippen molar-refractivity contribution in [3.05, 3.63) is 62.8 Å². The Hall–Kier alpha value is -0.870. The first kappa shape index (κ1) is 12.6. The van der Waals surface area contributed by atoms with E-state index in [1.54, 1.807) is 6.07 Å². The van der Waals surface area contributed by atoms with Gasteiger partial charge in [-0.15, -0.1) is 0 Å². The quantitative estimate of drug-likeness (QED) is 0.817. The molecule has 4 heteroatoms. The molecule has 2 aromatic rings. The van der Waals surface area contributed by atoms with Gasteiger partial charge in [-0.05, 0) is 51.8 Å². The van der Waals surface area contributed by atoms with Crippen molar-refractivity contribution in [2.24, 2.45) is 0 Å². The number of rotatable bonds is 3. The molecule has 88 valence electrons. The topological polar surface area (TPSA) is 12.0 Å². The molecular weight excluding hydrogens is 349 g/mol. The van der Waals surface area contributed by atoms with E-state index in [1.807, 2.05) is 24.3 Å². The molecule has 1 nitrogen and oxygen atoms in total. The minimum Gasteiger partial charge on any atom is -0.380 e. The Morgan fingerprint density at radius 2 is 1.76 bits per heavy atom. The van der Waals surface area contributed by atoms with Gasteiger partial charge in [0.1, 0.15) is 5.82 Å². The largest absolute Gasteiger partial charge is 0.380 e. The Morgan fingerprint density at radius 3 is 2.53 bits per heavy atom. The Morgan fingerprint density at radius 1 is 1.00 bits per heavy atom. The Bertz CT molecular complexity index is 529. The van der Waals surface area contributed by atoms with Crippen LogP contribution in [0, 0.1) is 5.82 Å². The fourth-order valence-corrected chi connectivity index (χ4v) is 2.29. The van der Waals surface area contributed by atoms with Gasteiger partial charge in [0, 0.05) is 21.2 Å². The van der Waals surface area contributed by atoms with Gasteiger partial charge in [0.05, 0.1) is 0 Å². The van der Waals surface area contributed by atoms with Gasteiger partial charge in [0.25, 0.3) is 0 Å². The molecule has 0 bridgehead atoms. The molecule has 0 fully saturated rings. The summed E-state index contributed by atoms with van der Waals surface area (Å²) in [6, 6.07) is 12.5. The maximum atomic E-state index is 13.1. The predicted molar refractivity (Wildman–Crippen MR) is 75.6 cm³/mol. The van der Waals surface area contributed by atoms with E-state index in [4.69, 9.17) is 0 Å². The lowest BCUT2D eigenvalue weighted by Gasteiger charge is -2.09. The predicted octanol–water partition coefficient (Wildman–Crippen LogP) is 4.96. The van der Waals surface area contributed by atoms with E-state index in [2.05, 4.69) is 37.2 Å². The van der Waals surface area contributed by atoms with Gasteiger partial charge >= 0.3 is 0 Å². The van der Waals surface area contributed by atoms with E-state index in [9.17, 15) is 4.39 Å². The zero-order valence-electron chi connectivity index (χ0n) is 8.88. The molecule has 0 heterocycles. The maximum absolute atomic E-state index is 13.1. The molecule has 1 N–H and O–H groups in total. The number of para-hydroxylation sites is 1. The van der Waals surface area contributed by atoms with E-state index in [0.29, 0.717) is 6.54 Å². The van der Waals surface area contributed by atoms with Crippen molar-refractivity contribution < 1.29 is 4.39 Å². The van der Waals surface area contributed by atoms with E-state index < -0.39 is 0 Å². The van der Waals surface area contributed by atoms with Crippen LogP contribution in [0.4, 0.5) is 10.1 Å². The number of anilines is 1. The van der Waals surface area contributed by atoms with Gasteiger partial charge in [-0.1, -0.05) is 28.1 Å². The minimum atomic E-state index is -0.225. The van der Waals surface area contributed by atoms with E-state index in [0.717, 1.165) is 20.2 Å². The average Bonchev–Trinajstić information content (AvgIpc) is 2.32. The highest BCUT2D eigenvalue weighted by Gasteiger charge is 2.03. The number of hydrogen-bond acceptors (Lipinski definition) is 1. The molecule has 0 aliphatic carbocycles. The van der Waals surface area contributed by atoms with Crippen LogP contribution in [0.15, 0.2) is 51.4 Å². The summed E-state index contributed by atoms with van der Waals surface area (Å²) < 4.78 is 15.0. The zero-order chi connectivity index (χ0) is 12.3. The molecule has 0 atom stereocenters. The van der Waals surface area contributed by atoms with Crippen LogP contribution in [0.3, 0.4) is 0 Å². The van der Waals surface area contributed by atoms with E-state index in [1.165, 1.54) is 12.1 Å². The summed E-state index contributed by atoms with van der Waals surface area (Å²) in [7, 11) is 0. The molecular formula is C13H10Br2FN. The molecule has 17 heavy (non-hydrogen) atoms. The average molecular weight is 359 g/mol. The van der Waals surface area contributed by atoms with Crippen LogP contribution in [0.5, 0.6) is 0 Å². The van der Waals surface area contributed by atoms with Crippen LogP contribution in [0.1, 0.15) is 5.56 Å². The third-order valence-corrected chi connectivity index (χ3v) is 3.82. The van der Waals surface area contributed by atoms with E-state index >= 15 is 0 Å². The Kier molecular flexibility index (Phi) is 4.18. The molecule has 0 saturated heterocycles. The van der Waals surface area contributed by atoms with Crippen LogP contribution < -0.4 is 5.32 Å². The van der Waals surface area contributed by atoms with Gasteiger partial charge in [-0.25, -0.2) is 4.39 Å². The Balaban J connectivity index is 2.12. The molecule has 2 aromatic carbocycles. The van der Waals surface area contributed by atoms with Gasteiger partial charge in [0.2, 0.25) is 0 Å². The smallest absolute Gasteiger partial charge is 0.123 e. The standard InChI is InChI=1S/C13H10Br2FN/c14-11-6-5-10(16)7-9(11)8-17-13-4-2-1-3-12(13)15/h1-7,17H,8H2. The number of benzene rings is 2. The van der Waals surface area contributed by atoms with Crippen molar-refractivity contribution in [3.63, 3.8) is 0 Å². The van der Waals surface area contributed by atoms with Crippen molar-refractivity contribution in [2.75, 3.05) is 5.32 Å². The lowest BCUT2D eigenvalue weighted by atomic mass is 10.2. The minimum absolute atomic E-state index is 0.225. The van der Waals surface area contributed by atoms with Crippen LogP contribution in [-0.4, -0.2) is 0 Å². The molecule has 0 saturated carbocycles. The fraction of sp³-hybridized carbons (Fsp3) is 0.0769. The highest BCUT2D eigenvalue weighted by atomic mass is 79.9. The highest BCUT2D eigenvalue weighted by Crippen LogP contribution is 2.24. The second-order valence-corrected chi connectivity index (χ2v) is 5.28. The van der Waals surface area contributed by atoms with Gasteiger partial charge in [0.15, 0.2) is 0 Å². The van der Waals surface area contributed by atoms with Crippen LogP contribution in [0.25, 0.3) is 0 Å². The van der Waals surface area contributed by atoms with Gasteiger partial charge in [-0.3, -0.25) is 0 Å². The monoisotopic (exact) mass is 357 g/mol. The summed E-state index contributed by atoms with van der Waals surface area (Å²) in [4.78, 5) is 0. The number of hydrogen-bond donors (Lipinski definition) is 1. The third kappa shape index (κ3) is 3.30. The summed E-state index contributed by atoms with van der Waals surface area (Å²) in [5, 5.41) is 3.25. The van der Waals surface area contributed by atoms with Crippen molar-refractivity contribution in [1.29, 1.82) is 0 Å². The fourth-order valence-electron chi connectivity index (χ4n) is 1.47. The van der Waals surface area contributed by atoms with Crippen molar-refractivity contribution >= 4 is 37.5 Å². The lowest BCUT2D eigenvalue weighted by molar-refractivity contribution is 0.625. The van der Waals surface area contributed by atoms with Gasteiger partial charge < -0.3 is 5.32 Å². The number of halogens is 3. The summed E-state index contributed by atoms with van der Waals surface area (Å²) in [6.45, 7) is 0.570. The highest BCUT2D eigenvalue weighted by molar-refractivity contribution is 9.10. The first-order valence-corrected chi connectivity index (χ1v) is 6.68. The SMILES string of the molecule is Fc1ccc(Br)c(CNc2ccccc2Br)c1. The zero-order valence-corrected chi connectivity index (χ0v) is 12.1. The molecule has 0 unspecified atom stereocenters. The van der Waals surface area contributed by atoms with Crippen molar-refractivity contribution in [1.82, 2.24) is 0 Å². The molecule has 0 amide bonds. The first-order chi connectivity index (χ1) is 8.16. The second kappa shape index (κ2) is 5.65.